The van der Waals surface area contributed by atoms with Crippen molar-refractivity contribution in [1.29, 1.82) is 0 Å². The first kappa shape index (κ1) is 19.3. The molecule has 3 aromatic rings. The first-order valence-corrected chi connectivity index (χ1v) is 8.80. The normalized spacial score (nSPS) is 11.2. The number of aryl methyl sites for hydroxylation is 1. The fourth-order valence-corrected chi connectivity index (χ4v) is 2.70. The third kappa shape index (κ3) is 3.95. The Morgan fingerprint density at radius 3 is 2.50 bits per heavy atom. The minimum atomic E-state index is -0.797. The molecule has 1 amide bonds. The minimum absolute atomic E-state index is 0.0115. The fraction of sp³-hybridized carbons (Fsp3) is 0.200. The molecule has 0 unspecified atom stereocenters. The maximum atomic E-state index is 13.6. The van der Waals surface area contributed by atoms with Crippen LogP contribution in [0.15, 0.2) is 52.4 Å². The van der Waals surface area contributed by atoms with Crippen molar-refractivity contribution in [3.8, 4) is 0 Å². The van der Waals surface area contributed by atoms with Crippen LogP contribution in [0.5, 0.6) is 0 Å². The lowest BCUT2D eigenvalue weighted by atomic mass is 10.1. The number of nitrogens with zero attached hydrogens (tertiary/aromatic N) is 3. The molecule has 144 valence electrons. The molecule has 0 atom stereocenters. The average molecular weight is 384 g/mol. The summed E-state index contributed by atoms with van der Waals surface area (Å²) in [6, 6.07) is 10.0. The second-order valence-electron chi connectivity index (χ2n) is 6.11. The molecule has 0 saturated heterocycles. The summed E-state index contributed by atoms with van der Waals surface area (Å²) in [4.78, 5) is 25.1. The molecule has 1 heterocycles. The van der Waals surface area contributed by atoms with E-state index in [4.69, 9.17) is 0 Å². The molecule has 0 aliphatic heterocycles. The van der Waals surface area contributed by atoms with Gasteiger partial charge in [0, 0.05) is 11.9 Å². The van der Waals surface area contributed by atoms with E-state index in [0.717, 1.165) is 31.2 Å². The maximum absolute atomic E-state index is 13.6. The Bertz CT molecular complexity index is 1090. The average Bonchev–Trinajstić information content (AvgIpc) is 2.69. The van der Waals surface area contributed by atoms with Crippen molar-refractivity contribution in [3.63, 3.8) is 0 Å². The van der Waals surface area contributed by atoms with Gasteiger partial charge in [-0.05, 0) is 24.6 Å². The van der Waals surface area contributed by atoms with Gasteiger partial charge in [0.15, 0.2) is 5.69 Å². The number of hydrogen-bond donors (Lipinski definition) is 1. The van der Waals surface area contributed by atoms with Crippen LogP contribution in [0.4, 0.5) is 8.78 Å². The standard InChI is InChI=1S/C20H18F2N4O2/c1-2-3-11-26-20(28)14-8-5-4-7-13(14)18(25-26)19(27)24-23-12-15-16(21)9-6-10-17(15)22/h4-10,12H,2-3,11H2,1H3,(H,24,27)/b23-12-. The summed E-state index contributed by atoms with van der Waals surface area (Å²) in [7, 11) is 0. The number of fused-ring (bicyclic) bond motifs is 1. The minimum Gasteiger partial charge on any atom is -0.267 e. The Morgan fingerprint density at radius 1 is 1.14 bits per heavy atom. The smallest absolute Gasteiger partial charge is 0.267 e. The molecule has 0 radical (unpaired) electrons. The fourth-order valence-electron chi connectivity index (χ4n) is 2.70. The number of rotatable bonds is 6. The highest BCUT2D eigenvalue weighted by Gasteiger charge is 2.16. The Hall–Kier alpha value is -3.42. The molecule has 1 N–H and O–H groups in total. The van der Waals surface area contributed by atoms with E-state index < -0.39 is 17.5 Å². The summed E-state index contributed by atoms with van der Waals surface area (Å²) in [5, 5.41) is 8.54. The Morgan fingerprint density at radius 2 is 1.82 bits per heavy atom. The number of hydrazone groups is 1. The number of carbonyl (C=O) groups is 1. The van der Waals surface area contributed by atoms with E-state index >= 15 is 0 Å². The van der Waals surface area contributed by atoms with Gasteiger partial charge in [0.2, 0.25) is 0 Å². The molecule has 0 saturated carbocycles. The lowest BCUT2D eigenvalue weighted by Gasteiger charge is -2.09. The molecule has 0 spiro atoms. The zero-order valence-corrected chi connectivity index (χ0v) is 15.2. The predicted molar refractivity (Wildman–Crippen MR) is 102 cm³/mol. The number of aromatic nitrogens is 2. The quantitative estimate of drug-likeness (QED) is 0.524. The van der Waals surface area contributed by atoms with Crippen LogP contribution in [0.2, 0.25) is 0 Å². The summed E-state index contributed by atoms with van der Waals surface area (Å²) >= 11 is 0. The van der Waals surface area contributed by atoms with Crippen LogP contribution in [-0.2, 0) is 6.54 Å². The highest BCUT2D eigenvalue weighted by atomic mass is 19.1. The summed E-state index contributed by atoms with van der Waals surface area (Å²) in [6.07, 6.45) is 2.48. The molecule has 0 aliphatic carbocycles. The zero-order valence-electron chi connectivity index (χ0n) is 15.2. The molecule has 0 fully saturated rings. The first-order valence-electron chi connectivity index (χ1n) is 8.80. The summed E-state index contributed by atoms with van der Waals surface area (Å²) in [5.74, 6) is -2.28. The van der Waals surface area contributed by atoms with Crippen molar-refractivity contribution in [2.75, 3.05) is 0 Å². The number of amides is 1. The van der Waals surface area contributed by atoms with Crippen LogP contribution in [0.25, 0.3) is 10.8 Å². The van der Waals surface area contributed by atoms with Crippen molar-refractivity contribution in [1.82, 2.24) is 15.2 Å². The second-order valence-corrected chi connectivity index (χ2v) is 6.11. The van der Waals surface area contributed by atoms with E-state index in [1.165, 1.54) is 10.7 Å². The SMILES string of the molecule is CCCCn1nc(C(=O)N/N=C\c2c(F)cccc2F)c2ccccc2c1=O. The van der Waals surface area contributed by atoms with Crippen LogP contribution in [0.3, 0.4) is 0 Å². The van der Waals surface area contributed by atoms with Gasteiger partial charge in [-0.15, -0.1) is 0 Å². The molecule has 0 aliphatic rings. The van der Waals surface area contributed by atoms with Gasteiger partial charge in [-0.3, -0.25) is 9.59 Å². The summed E-state index contributed by atoms with van der Waals surface area (Å²) < 4.78 is 28.5. The van der Waals surface area contributed by atoms with Gasteiger partial charge in [0.25, 0.3) is 11.5 Å². The van der Waals surface area contributed by atoms with E-state index in [0.29, 0.717) is 17.3 Å². The second kappa shape index (κ2) is 8.51. The van der Waals surface area contributed by atoms with Crippen molar-refractivity contribution >= 4 is 22.9 Å². The van der Waals surface area contributed by atoms with Gasteiger partial charge < -0.3 is 0 Å². The molecule has 28 heavy (non-hydrogen) atoms. The van der Waals surface area contributed by atoms with Crippen molar-refractivity contribution < 1.29 is 13.6 Å². The van der Waals surface area contributed by atoms with E-state index in [-0.39, 0.29) is 16.8 Å². The van der Waals surface area contributed by atoms with Crippen molar-refractivity contribution in [3.05, 3.63) is 75.7 Å². The number of carbonyl (C=O) groups excluding carboxylic acids is 1. The van der Waals surface area contributed by atoms with Gasteiger partial charge >= 0.3 is 0 Å². The number of hydrogen-bond acceptors (Lipinski definition) is 4. The van der Waals surface area contributed by atoms with Gasteiger partial charge in [-0.2, -0.15) is 10.2 Å². The van der Waals surface area contributed by atoms with E-state index in [1.807, 2.05) is 6.92 Å². The third-order valence-electron chi connectivity index (χ3n) is 4.17. The lowest BCUT2D eigenvalue weighted by Crippen LogP contribution is -2.29. The molecule has 1 aromatic heterocycles. The van der Waals surface area contributed by atoms with Crippen LogP contribution >= 0.6 is 0 Å². The maximum Gasteiger partial charge on any atom is 0.292 e. The van der Waals surface area contributed by atoms with Crippen molar-refractivity contribution in [2.45, 2.75) is 26.3 Å². The number of nitrogens with one attached hydrogen (secondary N) is 1. The summed E-state index contributed by atoms with van der Waals surface area (Å²) in [5.41, 5.74) is 1.58. The molecule has 8 heteroatoms. The molecule has 2 aromatic carbocycles. The van der Waals surface area contributed by atoms with Crippen LogP contribution in [0.1, 0.15) is 35.8 Å². The summed E-state index contributed by atoms with van der Waals surface area (Å²) in [6.45, 7) is 2.36. The monoisotopic (exact) mass is 384 g/mol. The molecular formula is C20H18F2N4O2. The van der Waals surface area contributed by atoms with E-state index in [9.17, 15) is 18.4 Å². The number of benzene rings is 2. The number of halogens is 2. The topological polar surface area (TPSA) is 76.3 Å². The lowest BCUT2D eigenvalue weighted by molar-refractivity contribution is 0.0949. The highest BCUT2D eigenvalue weighted by Crippen LogP contribution is 2.14. The Kier molecular flexibility index (Phi) is 5.88. The molecule has 6 nitrogen and oxygen atoms in total. The van der Waals surface area contributed by atoms with Crippen molar-refractivity contribution in [2.24, 2.45) is 5.10 Å². The predicted octanol–water partition coefficient (Wildman–Crippen LogP) is 3.24. The Labute approximate surface area is 159 Å². The van der Waals surface area contributed by atoms with E-state index in [1.54, 1.807) is 24.3 Å². The highest BCUT2D eigenvalue weighted by molar-refractivity contribution is 6.04. The van der Waals surface area contributed by atoms with Gasteiger partial charge in [-0.25, -0.2) is 18.9 Å². The van der Waals surface area contributed by atoms with Gasteiger partial charge in [0.05, 0.1) is 17.2 Å². The van der Waals surface area contributed by atoms with Crippen LogP contribution in [0, 0.1) is 11.6 Å². The largest absolute Gasteiger partial charge is 0.292 e. The molecule has 3 rings (SSSR count). The number of unbranched alkanes of at least 4 members (excludes halogenated alkanes) is 1. The molecular weight excluding hydrogens is 366 g/mol. The van der Waals surface area contributed by atoms with Crippen LogP contribution < -0.4 is 11.0 Å². The third-order valence-corrected chi connectivity index (χ3v) is 4.17. The van der Waals surface area contributed by atoms with Crippen LogP contribution in [-0.4, -0.2) is 21.9 Å². The van der Waals surface area contributed by atoms with E-state index in [2.05, 4.69) is 15.6 Å². The molecule has 0 bridgehead atoms. The zero-order chi connectivity index (χ0) is 20.1. The van der Waals surface area contributed by atoms with Gasteiger partial charge in [-0.1, -0.05) is 37.6 Å². The first-order chi connectivity index (χ1) is 13.5. The Balaban J connectivity index is 1.94. The van der Waals surface area contributed by atoms with Gasteiger partial charge in [0.1, 0.15) is 11.6 Å².